The van der Waals surface area contributed by atoms with Gasteiger partial charge < -0.3 is 14.6 Å². The van der Waals surface area contributed by atoms with Gasteiger partial charge in [0.15, 0.2) is 0 Å². The molecule has 1 aromatic carbocycles. The predicted octanol–water partition coefficient (Wildman–Crippen LogP) is 3.32. The molecule has 0 aliphatic carbocycles. The number of methoxy groups -OCH3 is 1. The number of carboxylic acid groups (broad SMARTS) is 1. The lowest BCUT2D eigenvalue weighted by Gasteiger charge is -2.04. The number of H-pyrrole nitrogens is 1. The van der Waals surface area contributed by atoms with Crippen LogP contribution in [0.3, 0.4) is 0 Å². The number of carboxylic acids is 1. The molecule has 136 valence electrons. The topological polar surface area (TPSA) is 114 Å². The Bertz CT molecular complexity index is 767. The van der Waals surface area contributed by atoms with Gasteiger partial charge in [-0.1, -0.05) is 33.5 Å². The molecule has 8 nitrogen and oxygen atoms in total. The normalized spacial score (nSPS) is 10.5. The lowest BCUT2D eigenvalue weighted by Crippen LogP contribution is -2.21. The molecule has 0 aliphatic rings. The van der Waals surface area contributed by atoms with Crippen LogP contribution in [0.4, 0.5) is 13.2 Å². The Hall–Kier alpha value is -2.53. The second-order valence-corrected chi connectivity index (χ2v) is 4.78. The number of ether oxygens (including phenoxy) is 2. The summed E-state index contributed by atoms with van der Waals surface area (Å²) in [5, 5.41) is 17.3. The molecule has 0 spiro atoms. The summed E-state index contributed by atoms with van der Waals surface area (Å²) in [6.45, 7) is 0. The van der Waals surface area contributed by atoms with Gasteiger partial charge in [0.25, 0.3) is 5.88 Å². The predicted molar refractivity (Wildman–Crippen MR) is 77.9 cm³/mol. The van der Waals surface area contributed by atoms with Gasteiger partial charge in [0.2, 0.25) is 5.69 Å². The van der Waals surface area contributed by atoms with E-state index >= 15 is 0 Å². The van der Waals surface area contributed by atoms with Crippen molar-refractivity contribution in [3.63, 3.8) is 0 Å². The number of halogens is 5. The molecular weight excluding hydrogens is 394 g/mol. The zero-order valence-corrected chi connectivity index (χ0v) is 13.6. The van der Waals surface area contributed by atoms with Crippen LogP contribution in [0.5, 0.6) is 11.6 Å². The first kappa shape index (κ1) is 20.5. The highest BCUT2D eigenvalue weighted by atomic mass is 35.5. The maximum atomic E-state index is 11.3. The molecular formula is C12H8Cl2F3N3O5. The highest BCUT2D eigenvalue weighted by Crippen LogP contribution is 2.29. The van der Waals surface area contributed by atoms with Crippen LogP contribution in [-0.4, -0.2) is 45.7 Å². The van der Waals surface area contributed by atoms with Gasteiger partial charge in [0.1, 0.15) is 5.75 Å². The van der Waals surface area contributed by atoms with Crippen molar-refractivity contribution in [1.29, 1.82) is 0 Å². The molecule has 1 aromatic heterocycles. The molecule has 0 unspecified atom stereocenters. The molecule has 0 saturated heterocycles. The fraction of sp³-hybridized carbons (Fsp3) is 0.167. The quantitative estimate of drug-likeness (QED) is 0.757. The molecule has 25 heavy (non-hydrogen) atoms. The maximum Gasteiger partial charge on any atom is 0.490 e. The number of aliphatic carboxylic acids is 1. The van der Waals surface area contributed by atoms with E-state index in [1.165, 1.54) is 13.2 Å². The third-order valence-electron chi connectivity index (χ3n) is 2.25. The summed E-state index contributed by atoms with van der Waals surface area (Å²) in [5.74, 6) is -3.01. The van der Waals surface area contributed by atoms with Gasteiger partial charge in [-0.05, 0) is 12.1 Å². The first-order valence-corrected chi connectivity index (χ1v) is 6.74. The van der Waals surface area contributed by atoms with Gasteiger partial charge in [0.05, 0.1) is 17.2 Å². The number of hydrogen-bond donors (Lipinski definition) is 2. The molecule has 0 fully saturated rings. The first-order valence-electron chi connectivity index (χ1n) is 5.98. The van der Waals surface area contributed by atoms with E-state index in [1.54, 1.807) is 12.1 Å². The van der Waals surface area contributed by atoms with Crippen LogP contribution >= 0.6 is 23.2 Å². The molecule has 2 N–H and O–H groups in total. The Morgan fingerprint density at radius 2 is 1.84 bits per heavy atom. The Morgan fingerprint density at radius 3 is 2.32 bits per heavy atom. The summed E-state index contributed by atoms with van der Waals surface area (Å²) in [7, 11) is 1.24. The van der Waals surface area contributed by atoms with E-state index in [0.29, 0.717) is 15.8 Å². The van der Waals surface area contributed by atoms with E-state index in [9.17, 15) is 18.0 Å². The summed E-state index contributed by atoms with van der Waals surface area (Å²) < 4.78 is 41.6. The monoisotopic (exact) mass is 401 g/mol. The summed E-state index contributed by atoms with van der Waals surface area (Å²) in [6.07, 6.45) is -5.08. The standard InChI is InChI=1S/C10H7Cl2N3O3.C2HF3O2/c1-17-10(16)8-9(14-15-13-8)18-5-2-3-6(11)7(12)4-5;3-2(4,5)1(6)7/h2-4H,1H3,(H,13,14,15);(H,6,7). The molecule has 0 saturated carbocycles. The van der Waals surface area contributed by atoms with E-state index < -0.39 is 18.1 Å². The minimum atomic E-state index is -5.08. The third-order valence-corrected chi connectivity index (χ3v) is 2.99. The second-order valence-electron chi connectivity index (χ2n) is 3.96. The zero-order chi connectivity index (χ0) is 19.2. The Labute approximate surface area is 147 Å². The van der Waals surface area contributed by atoms with Crippen LogP contribution in [0.25, 0.3) is 0 Å². The number of nitrogens with zero attached hydrogens (tertiary/aromatic N) is 2. The average molecular weight is 402 g/mol. The highest BCUT2D eigenvalue weighted by molar-refractivity contribution is 6.42. The number of hydrogen-bond acceptors (Lipinski definition) is 6. The lowest BCUT2D eigenvalue weighted by atomic mass is 10.3. The summed E-state index contributed by atoms with van der Waals surface area (Å²) in [4.78, 5) is 20.2. The number of nitrogens with one attached hydrogen (secondary N) is 1. The van der Waals surface area contributed by atoms with Crippen molar-refractivity contribution in [3.05, 3.63) is 33.9 Å². The van der Waals surface area contributed by atoms with E-state index in [4.69, 9.17) is 37.8 Å². The van der Waals surface area contributed by atoms with Gasteiger partial charge in [-0.2, -0.15) is 13.2 Å². The van der Waals surface area contributed by atoms with E-state index in [0.717, 1.165) is 0 Å². The fourth-order valence-corrected chi connectivity index (χ4v) is 1.46. The Morgan fingerprint density at radius 1 is 1.24 bits per heavy atom. The summed E-state index contributed by atoms with van der Waals surface area (Å²) >= 11 is 11.6. The first-order chi connectivity index (χ1) is 11.6. The van der Waals surface area contributed by atoms with E-state index in [2.05, 4.69) is 20.1 Å². The largest absolute Gasteiger partial charge is 0.490 e. The smallest absolute Gasteiger partial charge is 0.475 e. The molecule has 2 aromatic rings. The number of esters is 1. The third kappa shape index (κ3) is 6.12. The van der Waals surface area contributed by atoms with Crippen molar-refractivity contribution in [1.82, 2.24) is 15.4 Å². The van der Waals surface area contributed by atoms with E-state index in [1.807, 2.05) is 0 Å². The molecule has 0 bridgehead atoms. The van der Waals surface area contributed by atoms with Gasteiger partial charge in [0, 0.05) is 6.07 Å². The maximum absolute atomic E-state index is 11.3. The molecule has 13 heteroatoms. The van der Waals surface area contributed by atoms with Crippen LogP contribution in [0.15, 0.2) is 18.2 Å². The van der Waals surface area contributed by atoms with E-state index in [-0.39, 0.29) is 11.6 Å². The molecule has 2 rings (SSSR count). The number of aromatic nitrogens is 3. The second kappa shape index (κ2) is 8.53. The number of carbonyl (C=O) groups excluding carboxylic acids is 1. The SMILES string of the molecule is COC(=O)c1[nH]nnc1Oc1ccc(Cl)c(Cl)c1.O=C(O)C(F)(F)F. The number of carbonyl (C=O) groups is 2. The van der Waals surface area contributed by atoms with Gasteiger partial charge in [-0.25, -0.2) is 14.7 Å². The van der Waals surface area contributed by atoms with Crippen LogP contribution in [0.2, 0.25) is 10.0 Å². The number of rotatable bonds is 3. The molecule has 1 heterocycles. The summed E-state index contributed by atoms with van der Waals surface area (Å²) in [6, 6.07) is 4.65. The number of benzene rings is 1. The average Bonchev–Trinajstić information content (AvgIpc) is 2.98. The molecule has 0 amide bonds. The fourth-order valence-electron chi connectivity index (χ4n) is 1.18. The molecule has 0 aliphatic heterocycles. The minimum absolute atomic E-state index is 0.000221. The van der Waals surface area contributed by atoms with Crippen molar-refractivity contribution < 1.29 is 37.3 Å². The van der Waals surface area contributed by atoms with Gasteiger partial charge in [-0.3, -0.25) is 0 Å². The van der Waals surface area contributed by atoms with Crippen LogP contribution in [-0.2, 0) is 9.53 Å². The summed E-state index contributed by atoms with van der Waals surface area (Å²) in [5.41, 5.74) is 0.0172. The Kier molecular flexibility index (Phi) is 7.00. The minimum Gasteiger partial charge on any atom is -0.475 e. The van der Waals surface area contributed by atoms with Crippen molar-refractivity contribution in [2.75, 3.05) is 7.11 Å². The van der Waals surface area contributed by atoms with Gasteiger partial charge in [-0.15, -0.1) is 0 Å². The number of alkyl halides is 3. The van der Waals surface area contributed by atoms with Crippen LogP contribution in [0, 0.1) is 0 Å². The van der Waals surface area contributed by atoms with Crippen molar-refractivity contribution in [2.45, 2.75) is 6.18 Å². The van der Waals surface area contributed by atoms with Crippen molar-refractivity contribution in [2.24, 2.45) is 0 Å². The van der Waals surface area contributed by atoms with Crippen LogP contribution in [0.1, 0.15) is 10.5 Å². The van der Waals surface area contributed by atoms with Gasteiger partial charge >= 0.3 is 18.1 Å². The van der Waals surface area contributed by atoms with Crippen molar-refractivity contribution >= 4 is 35.1 Å². The molecule has 0 radical (unpaired) electrons. The lowest BCUT2D eigenvalue weighted by molar-refractivity contribution is -0.192. The Balaban J connectivity index is 0.000000381. The van der Waals surface area contributed by atoms with Crippen molar-refractivity contribution in [3.8, 4) is 11.6 Å². The molecule has 0 atom stereocenters. The zero-order valence-electron chi connectivity index (χ0n) is 12.1. The van der Waals surface area contributed by atoms with Crippen LogP contribution < -0.4 is 4.74 Å². The highest BCUT2D eigenvalue weighted by Gasteiger charge is 2.38. The number of aromatic amines is 1.